The Labute approximate surface area is 111 Å². The van der Waals surface area contributed by atoms with Gasteiger partial charge in [0, 0.05) is 6.20 Å². The van der Waals surface area contributed by atoms with Crippen LogP contribution in [0, 0.1) is 5.41 Å². The van der Waals surface area contributed by atoms with E-state index in [1.54, 1.807) is 0 Å². The normalized spacial score (nSPS) is 11.2. The molecular weight excluding hydrogens is 273 g/mol. The molecule has 20 heavy (non-hydrogen) atoms. The summed E-state index contributed by atoms with van der Waals surface area (Å²) in [5.41, 5.74) is 4.65. The second-order valence-electron chi connectivity index (χ2n) is 3.76. The molecule has 2 aromatic rings. The molecule has 104 valence electrons. The lowest BCUT2D eigenvalue weighted by atomic mass is 10.2. The molecule has 0 atom stereocenters. The highest BCUT2D eigenvalue weighted by Crippen LogP contribution is 2.30. The number of nitrogens with one attached hydrogen (secondary N) is 1. The van der Waals surface area contributed by atoms with Crippen molar-refractivity contribution in [2.75, 3.05) is 0 Å². The number of hydrogen-bond acceptors (Lipinski definition) is 4. The first-order valence-corrected chi connectivity index (χ1v) is 5.39. The maximum absolute atomic E-state index is 12.4. The van der Waals surface area contributed by atoms with Crippen LogP contribution in [0.1, 0.15) is 11.3 Å². The first-order valence-electron chi connectivity index (χ1n) is 5.39. The van der Waals surface area contributed by atoms with E-state index in [1.807, 2.05) is 0 Å². The molecule has 0 radical (unpaired) electrons. The number of hydrogen-bond donors (Lipinski definition) is 2. The van der Waals surface area contributed by atoms with Crippen LogP contribution in [0.3, 0.4) is 0 Å². The summed E-state index contributed by atoms with van der Waals surface area (Å²) in [6, 6.07) is 5.42. The number of rotatable bonds is 3. The summed E-state index contributed by atoms with van der Waals surface area (Å²) in [4.78, 5) is 7.61. The van der Waals surface area contributed by atoms with Crippen LogP contribution < -0.4 is 10.5 Å². The van der Waals surface area contributed by atoms with Gasteiger partial charge < -0.3 is 10.5 Å². The van der Waals surface area contributed by atoms with E-state index in [0.29, 0.717) is 0 Å². The molecule has 0 aliphatic rings. The lowest BCUT2D eigenvalue weighted by Gasteiger charge is -2.08. The Hall–Kier alpha value is -2.64. The van der Waals surface area contributed by atoms with E-state index in [0.717, 1.165) is 24.3 Å². The van der Waals surface area contributed by atoms with Gasteiger partial charge in [-0.25, -0.2) is 4.98 Å². The fourth-order valence-corrected chi connectivity index (χ4v) is 1.36. The van der Waals surface area contributed by atoms with Crippen molar-refractivity contribution >= 4 is 5.84 Å². The Kier molecular flexibility index (Phi) is 3.55. The zero-order valence-corrected chi connectivity index (χ0v) is 9.98. The lowest BCUT2D eigenvalue weighted by Crippen LogP contribution is -2.13. The van der Waals surface area contributed by atoms with Gasteiger partial charge in [0.25, 0.3) is 0 Å². The van der Waals surface area contributed by atoms with Crippen molar-refractivity contribution in [1.29, 1.82) is 5.41 Å². The molecule has 8 heteroatoms. The van der Waals surface area contributed by atoms with E-state index in [2.05, 4.69) is 9.97 Å². The van der Waals surface area contributed by atoms with E-state index in [-0.39, 0.29) is 23.3 Å². The quantitative estimate of drug-likeness (QED) is 0.669. The van der Waals surface area contributed by atoms with Gasteiger partial charge in [-0.1, -0.05) is 0 Å². The van der Waals surface area contributed by atoms with Crippen molar-refractivity contribution in [3.8, 4) is 11.8 Å². The Morgan fingerprint density at radius 3 is 2.35 bits per heavy atom. The number of amidine groups is 1. The largest absolute Gasteiger partial charge is 0.424 e. The van der Waals surface area contributed by atoms with Crippen LogP contribution in [-0.4, -0.2) is 15.8 Å². The SMILES string of the molecule is N=C(N)c1ccnc(Oc2ccc(C(F)(F)F)cc2)n1. The van der Waals surface area contributed by atoms with Crippen LogP contribution in [-0.2, 0) is 6.18 Å². The number of alkyl halides is 3. The van der Waals surface area contributed by atoms with Crippen LogP contribution in [0.15, 0.2) is 36.5 Å². The van der Waals surface area contributed by atoms with Crippen LogP contribution >= 0.6 is 0 Å². The van der Waals surface area contributed by atoms with E-state index in [4.69, 9.17) is 15.9 Å². The summed E-state index contributed by atoms with van der Waals surface area (Å²) in [6.07, 6.45) is -3.06. The molecule has 0 saturated carbocycles. The monoisotopic (exact) mass is 282 g/mol. The molecule has 1 aromatic heterocycles. The molecule has 5 nitrogen and oxygen atoms in total. The summed E-state index contributed by atoms with van der Waals surface area (Å²) in [7, 11) is 0. The predicted molar refractivity (Wildman–Crippen MR) is 64.6 cm³/mol. The number of benzene rings is 1. The molecule has 0 spiro atoms. The average molecular weight is 282 g/mol. The summed E-state index contributed by atoms with van der Waals surface area (Å²) in [6.45, 7) is 0. The van der Waals surface area contributed by atoms with Crippen molar-refractivity contribution in [2.24, 2.45) is 5.73 Å². The van der Waals surface area contributed by atoms with Gasteiger partial charge in [0.15, 0.2) is 0 Å². The van der Waals surface area contributed by atoms with Crippen LogP contribution in [0.25, 0.3) is 0 Å². The van der Waals surface area contributed by atoms with E-state index in [9.17, 15) is 13.2 Å². The lowest BCUT2D eigenvalue weighted by molar-refractivity contribution is -0.137. The van der Waals surface area contributed by atoms with Crippen molar-refractivity contribution in [3.05, 3.63) is 47.8 Å². The molecule has 0 fully saturated rings. The van der Waals surface area contributed by atoms with E-state index < -0.39 is 11.7 Å². The summed E-state index contributed by atoms with van der Waals surface area (Å²) in [5.74, 6) is -0.108. The minimum atomic E-state index is -4.40. The third kappa shape index (κ3) is 3.22. The van der Waals surface area contributed by atoms with Gasteiger partial charge >= 0.3 is 12.2 Å². The summed E-state index contributed by atoms with van der Waals surface area (Å²) in [5, 5.41) is 7.22. The van der Waals surface area contributed by atoms with E-state index in [1.165, 1.54) is 12.3 Å². The van der Waals surface area contributed by atoms with Gasteiger partial charge in [0.1, 0.15) is 17.3 Å². The minimum absolute atomic E-state index is 0.0996. The zero-order valence-electron chi connectivity index (χ0n) is 9.98. The fourth-order valence-electron chi connectivity index (χ4n) is 1.36. The molecule has 0 saturated heterocycles. The van der Waals surface area contributed by atoms with Gasteiger partial charge in [-0.05, 0) is 30.3 Å². The first kappa shape index (κ1) is 13.8. The summed E-state index contributed by atoms with van der Waals surface area (Å²) >= 11 is 0. The maximum Gasteiger partial charge on any atom is 0.416 e. The highest BCUT2D eigenvalue weighted by Gasteiger charge is 2.30. The van der Waals surface area contributed by atoms with Gasteiger partial charge in [-0.2, -0.15) is 18.2 Å². The smallest absolute Gasteiger partial charge is 0.416 e. The fraction of sp³-hybridized carbons (Fsp3) is 0.0833. The van der Waals surface area contributed by atoms with Gasteiger partial charge in [0.05, 0.1) is 5.56 Å². The standard InChI is InChI=1S/C12H9F3N4O/c13-12(14,15)7-1-3-8(4-2-7)20-11-18-6-5-9(19-11)10(16)17/h1-6H,(H3,16,17). The Bertz CT molecular complexity index is 625. The maximum atomic E-state index is 12.4. The van der Waals surface area contributed by atoms with Crippen molar-refractivity contribution in [3.63, 3.8) is 0 Å². The molecule has 1 aromatic carbocycles. The Balaban J connectivity index is 2.18. The zero-order chi connectivity index (χ0) is 14.8. The number of halogens is 3. The number of nitrogens with zero attached hydrogens (tertiary/aromatic N) is 2. The molecule has 0 aliphatic carbocycles. The number of ether oxygens (including phenoxy) is 1. The Morgan fingerprint density at radius 1 is 1.15 bits per heavy atom. The van der Waals surface area contributed by atoms with Crippen molar-refractivity contribution in [2.45, 2.75) is 6.18 Å². The van der Waals surface area contributed by atoms with Gasteiger partial charge in [0.2, 0.25) is 0 Å². The van der Waals surface area contributed by atoms with Gasteiger partial charge in [-0.3, -0.25) is 5.41 Å². The molecule has 3 N–H and O–H groups in total. The third-order valence-corrected chi connectivity index (χ3v) is 2.30. The van der Waals surface area contributed by atoms with Crippen molar-refractivity contribution < 1.29 is 17.9 Å². The average Bonchev–Trinajstić information content (AvgIpc) is 2.38. The third-order valence-electron chi connectivity index (χ3n) is 2.30. The highest BCUT2D eigenvalue weighted by atomic mass is 19.4. The van der Waals surface area contributed by atoms with Crippen LogP contribution in [0.2, 0.25) is 0 Å². The topological polar surface area (TPSA) is 84.9 Å². The van der Waals surface area contributed by atoms with Crippen molar-refractivity contribution in [1.82, 2.24) is 9.97 Å². The number of nitrogen functional groups attached to an aromatic ring is 1. The molecule has 2 rings (SSSR count). The highest BCUT2D eigenvalue weighted by molar-refractivity contribution is 5.92. The van der Waals surface area contributed by atoms with Gasteiger partial charge in [-0.15, -0.1) is 0 Å². The minimum Gasteiger partial charge on any atom is -0.424 e. The predicted octanol–water partition coefficient (Wildman–Crippen LogP) is 2.57. The number of aromatic nitrogens is 2. The molecular formula is C12H9F3N4O. The van der Waals surface area contributed by atoms with Crippen LogP contribution in [0.5, 0.6) is 11.8 Å². The van der Waals surface area contributed by atoms with E-state index >= 15 is 0 Å². The molecule has 0 bridgehead atoms. The number of nitrogens with two attached hydrogens (primary N) is 1. The van der Waals surface area contributed by atoms with Crippen LogP contribution in [0.4, 0.5) is 13.2 Å². The molecule has 0 aliphatic heterocycles. The first-order chi connectivity index (χ1) is 9.36. The second-order valence-corrected chi connectivity index (χ2v) is 3.76. The Morgan fingerprint density at radius 2 is 1.80 bits per heavy atom. The molecule has 0 amide bonds. The summed E-state index contributed by atoms with van der Waals surface area (Å²) < 4.78 is 42.4. The molecule has 0 unspecified atom stereocenters. The molecule has 1 heterocycles. The second kappa shape index (κ2) is 5.16.